The minimum Gasteiger partial charge on any atom is -0.480 e. The molecular weight excluding hydrogens is 754 g/mol. The molecule has 3 rings (SSSR count). The first-order chi connectivity index (χ1) is 25.9. The van der Waals surface area contributed by atoms with Crippen molar-refractivity contribution in [3.05, 3.63) is 64.0 Å². The standard InChI is InChI=1S/C33H45N5O16S/c1-33(2,3)52-32(46)37-22(30(44)45)16-19-4-8-21(9-5-19)53-55(47,48)54-24-17-20(7-11-26(40)35-12-14-49-15-13-36-38-34)6-10-23(24)50-31-29(43)28(42)27(41)25(18-39)51-31/h4-6,8-10,17,22,25,27-29,31,39,41-43H,7,11-16,18H2,1-3H3,(H,35,40)(H,37,46)(H,44,45)/t22?,25-,27+,28+,29-,31?/m1/s1. The van der Waals surface area contributed by atoms with Gasteiger partial charge in [0, 0.05) is 30.8 Å². The number of nitrogens with one attached hydrogen (secondary N) is 2. The summed E-state index contributed by atoms with van der Waals surface area (Å²) in [7, 11) is -4.95. The first-order valence-corrected chi connectivity index (χ1v) is 18.1. The number of carboxylic acid groups (broad SMARTS) is 1. The number of aliphatic hydroxyl groups excluding tert-OH is 4. The second-order valence-electron chi connectivity index (χ2n) is 13.0. The van der Waals surface area contributed by atoms with Crippen LogP contribution in [0.2, 0.25) is 0 Å². The molecule has 21 nitrogen and oxygen atoms in total. The fraction of sp³-hybridized carbons (Fsp3) is 0.545. The molecule has 2 aromatic rings. The van der Waals surface area contributed by atoms with E-state index < -0.39 is 77.2 Å². The number of benzene rings is 2. The number of rotatable bonds is 20. The number of azide groups is 1. The molecular formula is C33H45N5O16S. The number of ether oxygens (including phenoxy) is 4. The van der Waals surface area contributed by atoms with Crippen molar-refractivity contribution < 1.29 is 75.6 Å². The van der Waals surface area contributed by atoms with Crippen molar-refractivity contribution in [2.75, 3.05) is 32.9 Å². The van der Waals surface area contributed by atoms with E-state index >= 15 is 0 Å². The van der Waals surface area contributed by atoms with Crippen LogP contribution in [-0.2, 0) is 47.0 Å². The van der Waals surface area contributed by atoms with Gasteiger partial charge >= 0.3 is 22.5 Å². The minimum atomic E-state index is -4.95. The van der Waals surface area contributed by atoms with Crippen molar-refractivity contribution >= 4 is 28.4 Å². The zero-order chi connectivity index (χ0) is 40.8. The van der Waals surface area contributed by atoms with E-state index in [2.05, 4.69) is 20.7 Å². The largest absolute Gasteiger partial charge is 0.501 e. The highest BCUT2D eigenvalue weighted by atomic mass is 32.3. The summed E-state index contributed by atoms with van der Waals surface area (Å²) in [4.78, 5) is 38.9. The molecule has 6 atom stereocenters. The number of nitrogens with zero attached hydrogens (tertiary/aromatic N) is 3. The molecule has 0 saturated carbocycles. The van der Waals surface area contributed by atoms with Crippen molar-refractivity contribution in [1.29, 1.82) is 0 Å². The van der Waals surface area contributed by atoms with Crippen LogP contribution in [0.1, 0.15) is 38.3 Å². The Morgan fingerprint density at radius 1 is 0.982 bits per heavy atom. The van der Waals surface area contributed by atoms with E-state index in [9.17, 15) is 48.3 Å². The van der Waals surface area contributed by atoms with Gasteiger partial charge in [0.2, 0.25) is 12.2 Å². The third-order valence-corrected chi connectivity index (χ3v) is 8.23. The number of hydrogen-bond donors (Lipinski definition) is 7. The maximum absolute atomic E-state index is 13.1. The summed E-state index contributed by atoms with van der Waals surface area (Å²) >= 11 is 0. The summed E-state index contributed by atoms with van der Waals surface area (Å²) in [5.74, 6) is -2.77. The van der Waals surface area contributed by atoms with Gasteiger partial charge in [-0.1, -0.05) is 23.3 Å². The second kappa shape index (κ2) is 20.7. The molecule has 0 spiro atoms. The molecule has 304 valence electrons. The molecule has 7 N–H and O–H groups in total. The van der Waals surface area contributed by atoms with Crippen molar-refractivity contribution in [2.24, 2.45) is 5.11 Å². The van der Waals surface area contributed by atoms with Gasteiger partial charge in [0.05, 0.1) is 19.8 Å². The lowest BCUT2D eigenvalue weighted by Crippen LogP contribution is -2.60. The summed E-state index contributed by atoms with van der Waals surface area (Å²) in [5.41, 5.74) is 8.19. The Hall–Kier alpha value is -4.93. The maximum Gasteiger partial charge on any atom is 0.501 e. The van der Waals surface area contributed by atoms with Crippen LogP contribution in [0.5, 0.6) is 17.2 Å². The number of carboxylic acids is 1. The molecule has 55 heavy (non-hydrogen) atoms. The Bertz CT molecular complexity index is 1750. The lowest BCUT2D eigenvalue weighted by Gasteiger charge is -2.39. The number of aryl methyl sites for hydroxylation is 1. The molecule has 1 fully saturated rings. The molecule has 1 saturated heterocycles. The number of aliphatic hydroxyl groups is 4. The van der Waals surface area contributed by atoms with Gasteiger partial charge in [0.25, 0.3) is 0 Å². The molecule has 0 aromatic heterocycles. The van der Waals surface area contributed by atoms with E-state index in [1.165, 1.54) is 42.5 Å². The van der Waals surface area contributed by atoms with Crippen LogP contribution >= 0.6 is 0 Å². The lowest BCUT2D eigenvalue weighted by atomic mass is 9.99. The Morgan fingerprint density at radius 3 is 2.31 bits per heavy atom. The monoisotopic (exact) mass is 799 g/mol. The molecule has 1 aliphatic heterocycles. The Kier molecular flexibility index (Phi) is 16.7. The highest BCUT2D eigenvalue weighted by Crippen LogP contribution is 2.34. The van der Waals surface area contributed by atoms with Crippen molar-refractivity contribution in [1.82, 2.24) is 10.6 Å². The van der Waals surface area contributed by atoms with E-state index in [-0.39, 0.29) is 63.0 Å². The van der Waals surface area contributed by atoms with Gasteiger partial charge in [-0.05, 0) is 68.1 Å². The number of amides is 2. The van der Waals surface area contributed by atoms with Gasteiger partial charge in [-0.2, -0.15) is 0 Å². The molecule has 22 heteroatoms. The Labute approximate surface area is 316 Å². The highest BCUT2D eigenvalue weighted by Gasteiger charge is 2.45. The molecule has 1 heterocycles. The SMILES string of the molecule is CC(C)(C)OC(=O)NC(Cc1ccc(OS(=O)(=O)Oc2cc(CCC(=O)NCCOCCN=[N+]=[N-])ccc2OC2O[C@H](CO)[C@H](O)[C@H](O)[C@H]2O)cc1)C(=O)O. The predicted octanol–water partition coefficient (Wildman–Crippen LogP) is 0.464. The summed E-state index contributed by atoms with van der Waals surface area (Å²) in [6.07, 6.45) is -9.47. The van der Waals surface area contributed by atoms with Gasteiger partial charge in [0.1, 0.15) is 41.8 Å². The minimum absolute atomic E-state index is 0.0449. The summed E-state index contributed by atoms with van der Waals surface area (Å²) < 4.78 is 58.0. The fourth-order valence-electron chi connectivity index (χ4n) is 4.83. The number of carbonyl (C=O) groups is 3. The lowest BCUT2D eigenvalue weighted by molar-refractivity contribution is -0.277. The van der Waals surface area contributed by atoms with Gasteiger partial charge in [-0.15, -0.1) is 8.42 Å². The normalized spacial score (nSPS) is 20.3. The van der Waals surface area contributed by atoms with Gasteiger partial charge in [-0.3, -0.25) is 4.79 Å². The van der Waals surface area contributed by atoms with Crippen LogP contribution in [0.25, 0.3) is 10.4 Å². The van der Waals surface area contributed by atoms with E-state index in [4.69, 9.17) is 32.8 Å². The van der Waals surface area contributed by atoms with E-state index in [1.807, 2.05) is 0 Å². The predicted molar refractivity (Wildman–Crippen MR) is 188 cm³/mol. The third-order valence-electron chi connectivity index (χ3n) is 7.45. The average Bonchev–Trinajstić information content (AvgIpc) is 3.10. The van der Waals surface area contributed by atoms with Gasteiger partial charge in [-0.25, -0.2) is 9.59 Å². The zero-order valence-corrected chi connectivity index (χ0v) is 31.0. The highest BCUT2D eigenvalue weighted by molar-refractivity contribution is 7.82. The Balaban J connectivity index is 1.74. The van der Waals surface area contributed by atoms with Crippen LogP contribution in [-0.4, -0.2) is 127 Å². The van der Waals surface area contributed by atoms with Crippen molar-refractivity contribution in [3.8, 4) is 17.2 Å². The van der Waals surface area contributed by atoms with Crippen LogP contribution in [0.3, 0.4) is 0 Å². The number of aliphatic carboxylic acids is 1. The van der Waals surface area contributed by atoms with Crippen molar-refractivity contribution in [2.45, 2.75) is 82.4 Å². The van der Waals surface area contributed by atoms with Crippen LogP contribution in [0.15, 0.2) is 47.6 Å². The average molecular weight is 800 g/mol. The Morgan fingerprint density at radius 2 is 1.67 bits per heavy atom. The molecule has 1 aliphatic rings. The molecule has 2 unspecified atom stereocenters. The van der Waals surface area contributed by atoms with E-state index in [0.717, 1.165) is 0 Å². The van der Waals surface area contributed by atoms with Gasteiger partial charge in [0.15, 0.2) is 11.5 Å². The smallest absolute Gasteiger partial charge is 0.480 e. The quantitative estimate of drug-likeness (QED) is 0.0414. The third kappa shape index (κ3) is 15.0. The first-order valence-electron chi connectivity index (χ1n) is 16.8. The molecule has 0 radical (unpaired) electrons. The topological polar surface area (TPSA) is 315 Å². The van der Waals surface area contributed by atoms with E-state index in [1.54, 1.807) is 20.8 Å². The summed E-state index contributed by atoms with van der Waals surface area (Å²) in [5, 5.41) is 58.2. The number of carbonyl (C=O) groups excluding carboxylic acids is 2. The second-order valence-corrected chi connectivity index (χ2v) is 14.1. The zero-order valence-electron chi connectivity index (χ0n) is 30.1. The fourth-order valence-corrected chi connectivity index (χ4v) is 5.56. The number of alkyl carbamates (subject to hydrolysis) is 1. The summed E-state index contributed by atoms with van der Waals surface area (Å²) in [6, 6.07) is 7.73. The van der Waals surface area contributed by atoms with Gasteiger partial charge < -0.3 is 63.5 Å². The molecule has 2 amide bonds. The van der Waals surface area contributed by atoms with Crippen LogP contribution in [0, 0.1) is 0 Å². The van der Waals surface area contributed by atoms with E-state index in [0.29, 0.717) is 11.1 Å². The first kappa shape index (κ1) is 44.5. The molecule has 0 bridgehead atoms. The molecule has 2 aromatic carbocycles. The maximum atomic E-state index is 13.1. The van der Waals surface area contributed by atoms with Crippen LogP contribution in [0.4, 0.5) is 4.79 Å². The van der Waals surface area contributed by atoms with Crippen LogP contribution < -0.4 is 23.7 Å². The summed E-state index contributed by atoms with van der Waals surface area (Å²) in [6.45, 7) is 4.76. The molecule has 0 aliphatic carbocycles. The van der Waals surface area contributed by atoms with Crippen molar-refractivity contribution in [3.63, 3.8) is 0 Å². The number of hydrogen-bond acceptors (Lipinski definition) is 16.